The molecule has 0 saturated heterocycles. The number of carbonyl (C=O) groups is 2. The van der Waals surface area contributed by atoms with E-state index >= 15 is 0 Å². The number of anilines is 1. The number of hydrogen-bond acceptors (Lipinski definition) is 4. The average molecular weight is 321 g/mol. The average Bonchev–Trinajstić information content (AvgIpc) is 2.49. The molecule has 1 aromatic rings. The second-order valence-corrected chi connectivity index (χ2v) is 7.02. The predicted octanol–water partition coefficient (Wildman–Crippen LogP) is 2.46. The van der Waals surface area contributed by atoms with Gasteiger partial charge < -0.3 is 10.2 Å². The molecule has 0 bridgehead atoms. The maximum atomic E-state index is 12.7. The lowest BCUT2D eigenvalue weighted by Crippen LogP contribution is -2.45. The smallest absolute Gasteiger partial charge is 0.241 e. The number of nitrogens with one attached hydrogen (secondary N) is 1. The lowest BCUT2D eigenvalue weighted by Gasteiger charge is -2.33. The van der Waals surface area contributed by atoms with Gasteiger partial charge in [-0.05, 0) is 24.5 Å². The van der Waals surface area contributed by atoms with Crippen LogP contribution in [0.2, 0.25) is 0 Å². The molecule has 0 spiro atoms. The number of fused-ring (bicyclic) bond motifs is 1. The van der Waals surface area contributed by atoms with Crippen LogP contribution in [0.1, 0.15) is 33.6 Å². The summed E-state index contributed by atoms with van der Waals surface area (Å²) in [5, 5.41) is 3.28. The Kier molecular flexibility index (Phi) is 5.83. The molecule has 2 rings (SSSR count). The molecule has 0 saturated carbocycles. The van der Waals surface area contributed by atoms with Gasteiger partial charge in [0.15, 0.2) is 0 Å². The van der Waals surface area contributed by atoms with Gasteiger partial charge >= 0.3 is 0 Å². The van der Waals surface area contributed by atoms with E-state index in [4.69, 9.17) is 0 Å². The van der Waals surface area contributed by atoms with E-state index in [1.54, 1.807) is 11.1 Å². The molecule has 0 aromatic carbocycles. The van der Waals surface area contributed by atoms with Crippen LogP contribution in [0.5, 0.6) is 0 Å². The standard InChI is InChI=1S/C16H23N3O2S/c1-4-7-17-14(20)9-13-16(21)19(10-11(2)3)12-6-5-8-18-15(12)22-13/h5-6,8,11,13H,4,7,9-10H2,1-3H3,(H,17,20)/t13-/m0/s1. The zero-order valence-electron chi connectivity index (χ0n) is 13.3. The monoisotopic (exact) mass is 321 g/mol. The van der Waals surface area contributed by atoms with E-state index in [0.717, 1.165) is 17.1 Å². The van der Waals surface area contributed by atoms with Crippen LogP contribution in [-0.4, -0.2) is 35.1 Å². The largest absolute Gasteiger partial charge is 0.356 e. The summed E-state index contributed by atoms with van der Waals surface area (Å²) in [6, 6.07) is 3.76. The predicted molar refractivity (Wildman–Crippen MR) is 89.0 cm³/mol. The zero-order valence-corrected chi connectivity index (χ0v) is 14.2. The summed E-state index contributed by atoms with van der Waals surface area (Å²) in [5.74, 6) is 0.289. The Hall–Kier alpha value is -1.56. The molecule has 1 aromatic heterocycles. The molecule has 2 amide bonds. The normalized spacial score (nSPS) is 17.5. The molecule has 1 atom stereocenters. The number of aromatic nitrogens is 1. The van der Waals surface area contributed by atoms with Gasteiger partial charge in [0, 0.05) is 25.7 Å². The minimum Gasteiger partial charge on any atom is -0.356 e. The molecule has 5 nitrogen and oxygen atoms in total. The molecule has 0 radical (unpaired) electrons. The van der Waals surface area contributed by atoms with Crippen molar-refractivity contribution in [1.29, 1.82) is 0 Å². The van der Waals surface area contributed by atoms with Crippen LogP contribution in [-0.2, 0) is 9.59 Å². The van der Waals surface area contributed by atoms with E-state index in [1.165, 1.54) is 11.8 Å². The van der Waals surface area contributed by atoms with E-state index in [0.29, 0.717) is 19.0 Å². The van der Waals surface area contributed by atoms with Crippen LogP contribution in [0.15, 0.2) is 23.4 Å². The minimum absolute atomic E-state index is 0.00542. The van der Waals surface area contributed by atoms with Crippen molar-refractivity contribution >= 4 is 29.3 Å². The maximum absolute atomic E-state index is 12.7. The molecule has 0 unspecified atom stereocenters. The van der Waals surface area contributed by atoms with Gasteiger partial charge in [-0.25, -0.2) is 4.98 Å². The topological polar surface area (TPSA) is 62.3 Å². The van der Waals surface area contributed by atoms with Gasteiger partial charge in [0.05, 0.1) is 10.9 Å². The highest BCUT2D eigenvalue weighted by Gasteiger charge is 2.35. The van der Waals surface area contributed by atoms with Crippen molar-refractivity contribution in [1.82, 2.24) is 10.3 Å². The first-order valence-corrected chi connectivity index (χ1v) is 8.60. The van der Waals surface area contributed by atoms with Crippen LogP contribution in [0, 0.1) is 5.92 Å². The highest BCUT2D eigenvalue weighted by molar-refractivity contribution is 8.00. The van der Waals surface area contributed by atoms with Gasteiger partial charge in [0.25, 0.3) is 0 Å². The van der Waals surface area contributed by atoms with Crippen LogP contribution in [0.25, 0.3) is 0 Å². The third-order valence-corrected chi connectivity index (χ3v) is 4.52. The van der Waals surface area contributed by atoms with Crippen molar-refractivity contribution in [2.24, 2.45) is 5.92 Å². The first-order valence-electron chi connectivity index (χ1n) is 7.72. The molecular weight excluding hydrogens is 298 g/mol. The van der Waals surface area contributed by atoms with Gasteiger partial charge in [-0.2, -0.15) is 0 Å². The third kappa shape index (κ3) is 4.00. The fraction of sp³-hybridized carbons (Fsp3) is 0.562. The quantitative estimate of drug-likeness (QED) is 0.874. The van der Waals surface area contributed by atoms with Crippen molar-refractivity contribution in [3.8, 4) is 0 Å². The molecule has 0 fully saturated rings. The second-order valence-electron chi connectivity index (χ2n) is 5.83. The van der Waals surface area contributed by atoms with Crippen LogP contribution in [0.4, 0.5) is 5.69 Å². The fourth-order valence-electron chi connectivity index (χ4n) is 2.34. The molecule has 0 aliphatic carbocycles. The number of amides is 2. The number of rotatable bonds is 6. The zero-order chi connectivity index (χ0) is 16.1. The van der Waals surface area contributed by atoms with Crippen molar-refractivity contribution in [3.05, 3.63) is 18.3 Å². The van der Waals surface area contributed by atoms with Gasteiger partial charge in [-0.3, -0.25) is 9.59 Å². The first-order chi connectivity index (χ1) is 10.5. The number of nitrogens with zero attached hydrogens (tertiary/aromatic N) is 2. The third-order valence-electron chi connectivity index (χ3n) is 3.33. The fourth-order valence-corrected chi connectivity index (χ4v) is 3.50. The summed E-state index contributed by atoms with van der Waals surface area (Å²) in [7, 11) is 0. The number of thioether (sulfide) groups is 1. The number of hydrogen-bond donors (Lipinski definition) is 1. The summed E-state index contributed by atoms with van der Waals surface area (Å²) in [6.07, 6.45) is 2.82. The Bertz CT molecular complexity index is 548. The maximum Gasteiger partial charge on any atom is 0.241 e. The highest BCUT2D eigenvalue weighted by atomic mass is 32.2. The lowest BCUT2D eigenvalue weighted by molar-refractivity contribution is -0.124. The molecule has 1 N–H and O–H groups in total. The summed E-state index contributed by atoms with van der Waals surface area (Å²) < 4.78 is 0. The Morgan fingerprint density at radius 2 is 2.27 bits per heavy atom. The van der Waals surface area contributed by atoms with Crippen molar-refractivity contribution in [3.63, 3.8) is 0 Å². The summed E-state index contributed by atoms with van der Waals surface area (Å²) >= 11 is 1.39. The molecule has 2 heterocycles. The molecule has 120 valence electrons. The van der Waals surface area contributed by atoms with Crippen molar-refractivity contribution in [2.45, 2.75) is 43.9 Å². The molecule has 1 aliphatic heterocycles. The minimum atomic E-state index is -0.391. The highest BCUT2D eigenvalue weighted by Crippen LogP contribution is 2.38. The SMILES string of the molecule is CCCNC(=O)C[C@@H]1Sc2ncccc2N(CC(C)C)C1=O. The summed E-state index contributed by atoms with van der Waals surface area (Å²) in [4.78, 5) is 30.8. The Balaban J connectivity index is 2.17. The van der Waals surface area contributed by atoms with E-state index in [-0.39, 0.29) is 18.2 Å². The van der Waals surface area contributed by atoms with Gasteiger partial charge in [-0.1, -0.05) is 32.5 Å². The number of pyridine rings is 1. The Labute approximate surface area is 135 Å². The molecule has 1 aliphatic rings. The van der Waals surface area contributed by atoms with Crippen molar-refractivity contribution in [2.75, 3.05) is 18.0 Å². The van der Waals surface area contributed by atoms with E-state index < -0.39 is 5.25 Å². The first kappa shape index (κ1) is 16.8. The van der Waals surface area contributed by atoms with Crippen LogP contribution in [0.3, 0.4) is 0 Å². The second kappa shape index (κ2) is 7.63. The van der Waals surface area contributed by atoms with E-state index in [2.05, 4.69) is 24.1 Å². The summed E-state index contributed by atoms with van der Waals surface area (Å²) in [6.45, 7) is 7.45. The molecular formula is C16H23N3O2S. The Morgan fingerprint density at radius 1 is 1.50 bits per heavy atom. The lowest BCUT2D eigenvalue weighted by atomic mass is 10.1. The summed E-state index contributed by atoms with van der Waals surface area (Å²) in [5.41, 5.74) is 0.858. The van der Waals surface area contributed by atoms with Crippen molar-refractivity contribution < 1.29 is 9.59 Å². The molecule has 22 heavy (non-hydrogen) atoms. The van der Waals surface area contributed by atoms with Gasteiger partial charge in [0.2, 0.25) is 11.8 Å². The number of carbonyl (C=O) groups excluding carboxylic acids is 2. The van der Waals surface area contributed by atoms with Crippen LogP contribution >= 0.6 is 11.8 Å². The van der Waals surface area contributed by atoms with Gasteiger partial charge in [-0.15, -0.1) is 0 Å². The van der Waals surface area contributed by atoms with E-state index in [1.807, 2.05) is 19.1 Å². The van der Waals surface area contributed by atoms with Crippen LogP contribution < -0.4 is 10.2 Å². The Morgan fingerprint density at radius 3 is 2.95 bits per heavy atom. The molecule has 6 heteroatoms. The van der Waals surface area contributed by atoms with E-state index in [9.17, 15) is 9.59 Å². The van der Waals surface area contributed by atoms with Gasteiger partial charge in [0.1, 0.15) is 5.03 Å².